The zero-order valence-electron chi connectivity index (χ0n) is 17.6. The summed E-state index contributed by atoms with van der Waals surface area (Å²) in [5.41, 5.74) is 0.475. The molecule has 2 aromatic carbocycles. The molecular formula is C23H20BrFN2O7. The van der Waals surface area contributed by atoms with E-state index in [4.69, 9.17) is 14.2 Å². The summed E-state index contributed by atoms with van der Waals surface area (Å²) < 4.78 is 31.9. The standard InChI is InChI=1S/C23H20BrFN2O7/c24-15-11-27(23(31)26-19(15)28)20-17(25)18(34-22(30)14-9-5-2-6-10-14)16(33-20)12-32-21(29)13-7-3-1-4-8-13/h1-10,15-18,20H,11-12H2,(H,26,28,31)/t15?,16-,17+,18-,20-/m1/s1. The molecule has 0 aromatic heterocycles. The third kappa shape index (κ3) is 5.10. The van der Waals surface area contributed by atoms with E-state index in [9.17, 15) is 19.2 Å². The van der Waals surface area contributed by atoms with Gasteiger partial charge in [0.1, 0.15) is 17.5 Å². The van der Waals surface area contributed by atoms with Gasteiger partial charge in [0, 0.05) is 6.54 Å². The van der Waals surface area contributed by atoms with Gasteiger partial charge in [0.25, 0.3) is 0 Å². The largest absolute Gasteiger partial charge is 0.459 e. The first-order valence-electron chi connectivity index (χ1n) is 10.4. The van der Waals surface area contributed by atoms with Crippen LogP contribution in [0.2, 0.25) is 0 Å². The molecule has 34 heavy (non-hydrogen) atoms. The van der Waals surface area contributed by atoms with Gasteiger partial charge in [0.05, 0.1) is 11.1 Å². The Labute approximate surface area is 202 Å². The number of nitrogens with zero attached hydrogens (tertiary/aromatic N) is 1. The molecule has 0 radical (unpaired) electrons. The number of carbonyl (C=O) groups is 4. The molecule has 2 aromatic rings. The first-order chi connectivity index (χ1) is 16.3. The monoisotopic (exact) mass is 534 g/mol. The molecule has 0 saturated carbocycles. The average molecular weight is 535 g/mol. The Hall–Kier alpha value is -3.31. The summed E-state index contributed by atoms with van der Waals surface area (Å²) in [4.78, 5) is 49.2. The Balaban J connectivity index is 1.52. The third-order valence-corrected chi connectivity index (χ3v) is 6.05. The fourth-order valence-corrected chi connectivity index (χ4v) is 4.04. The van der Waals surface area contributed by atoms with Gasteiger partial charge in [-0.3, -0.25) is 15.0 Å². The van der Waals surface area contributed by atoms with Gasteiger partial charge in [-0.25, -0.2) is 18.8 Å². The van der Waals surface area contributed by atoms with Crippen LogP contribution in [0, 0.1) is 0 Å². The Bertz CT molecular complexity index is 1070. The summed E-state index contributed by atoms with van der Waals surface area (Å²) in [5.74, 6) is -2.03. The van der Waals surface area contributed by atoms with Gasteiger partial charge < -0.3 is 14.2 Å². The SMILES string of the molecule is O=C(OC[C@H]1O[C@@H](N2CC(Br)C(=O)NC2=O)[C@@H](F)[C@@H]1OC(=O)c1ccccc1)c1ccccc1. The second kappa shape index (κ2) is 10.3. The maximum absolute atomic E-state index is 15.5. The van der Waals surface area contributed by atoms with E-state index in [1.165, 1.54) is 12.1 Å². The number of esters is 2. The lowest BCUT2D eigenvalue weighted by Gasteiger charge is -2.34. The molecule has 2 saturated heterocycles. The molecule has 9 nitrogen and oxygen atoms in total. The first-order valence-corrected chi connectivity index (χ1v) is 11.3. The number of hydrogen-bond donors (Lipinski definition) is 1. The Morgan fingerprint density at radius 1 is 1.03 bits per heavy atom. The molecule has 2 heterocycles. The highest BCUT2D eigenvalue weighted by Crippen LogP contribution is 2.31. The van der Waals surface area contributed by atoms with Crippen molar-refractivity contribution in [2.24, 2.45) is 0 Å². The molecule has 0 bridgehead atoms. The number of benzene rings is 2. The van der Waals surface area contributed by atoms with Crippen molar-refractivity contribution in [1.82, 2.24) is 10.2 Å². The van der Waals surface area contributed by atoms with Gasteiger partial charge in [-0.15, -0.1) is 0 Å². The maximum Gasteiger partial charge on any atom is 0.338 e. The van der Waals surface area contributed by atoms with Crippen molar-refractivity contribution in [3.05, 3.63) is 71.8 Å². The second-order valence-electron chi connectivity index (χ2n) is 7.62. The van der Waals surface area contributed by atoms with E-state index >= 15 is 4.39 Å². The molecule has 0 aliphatic carbocycles. The van der Waals surface area contributed by atoms with Gasteiger partial charge in [-0.05, 0) is 24.3 Å². The molecule has 1 N–H and O–H groups in total. The van der Waals surface area contributed by atoms with Crippen LogP contribution in [0.4, 0.5) is 9.18 Å². The van der Waals surface area contributed by atoms with Crippen LogP contribution in [0.25, 0.3) is 0 Å². The highest BCUT2D eigenvalue weighted by molar-refractivity contribution is 9.10. The van der Waals surface area contributed by atoms with E-state index in [-0.39, 0.29) is 17.7 Å². The quantitative estimate of drug-likeness (QED) is 0.447. The van der Waals surface area contributed by atoms with Crippen LogP contribution < -0.4 is 5.32 Å². The molecule has 2 aliphatic rings. The van der Waals surface area contributed by atoms with Crippen LogP contribution in [-0.4, -0.2) is 71.4 Å². The fraction of sp³-hybridized carbons (Fsp3) is 0.304. The Morgan fingerprint density at radius 3 is 2.24 bits per heavy atom. The lowest BCUT2D eigenvalue weighted by atomic mass is 10.1. The number of carbonyl (C=O) groups excluding carboxylic acids is 4. The molecule has 4 rings (SSSR count). The topological polar surface area (TPSA) is 111 Å². The lowest BCUT2D eigenvalue weighted by Crippen LogP contribution is -2.60. The van der Waals surface area contributed by atoms with E-state index in [2.05, 4.69) is 21.2 Å². The summed E-state index contributed by atoms with van der Waals surface area (Å²) in [6.07, 6.45) is -6.10. The average Bonchev–Trinajstić information content (AvgIpc) is 3.15. The van der Waals surface area contributed by atoms with Crippen LogP contribution in [-0.2, 0) is 19.0 Å². The van der Waals surface area contributed by atoms with Gasteiger partial charge in [0.2, 0.25) is 5.91 Å². The van der Waals surface area contributed by atoms with Crippen LogP contribution in [0.3, 0.4) is 0 Å². The summed E-state index contributed by atoms with van der Waals surface area (Å²) in [5, 5.41) is 2.11. The lowest BCUT2D eigenvalue weighted by molar-refractivity contribution is -0.124. The second-order valence-corrected chi connectivity index (χ2v) is 8.73. The fourth-order valence-electron chi connectivity index (χ4n) is 3.61. The Morgan fingerprint density at radius 2 is 1.62 bits per heavy atom. The Kier molecular flexibility index (Phi) is 7.23. The highest BCUT2D eigenvalue weighted by atomic mass is 79.9. The van der Waals surface area contributed by atoms with Crippen molar-refractivity contribution in [2.75, 3.05) is 13.2 Å². The normalized spacial score (nSPS) is 26.6. The third-order valence-electron chi connectivity index (χ3n) is 5.35. The van der Waals surface area contributed by atoms with Crippen molar-refractivity contribution in [2.45, 2.75) is 29.4 Å². The van der Waals surface area contributed by atoms with E-state index in [1.807, 2.05) is 0 Å². The molecule has 2 aliphatic heterocycles. The van der Waals surface area contributed by atoms with Crippen molar-refractivity contribution in [3.8, 4) is 0 Å². The van der Waals surface area contributed by atoms with Crippen molar-refractivity contribution in [1.29, 1.82) is 0 Å². The molecule has 1 unspecified atom stereocenters. The minimum atomic E-state index is -1.97. The van der Waals surface area contributed by atoms with Gasteiger partial charge in [0.15, 0.2) is 18.5 Å². The number of imide groups is 1. The molecule has 0 spiro atoms. The zero-order valence-corrected chi connectivity index (χ0v) is 19.2. The minimum Gasteiger partial charge on any atom is -0.459 e. The molecule has 5 atom stereocenters. The van der Waals surface area contributed by atoms with E-state index in [1.54, 1.807) is 48.5 Å². The number of nitrogens with one attached hydrogen (secondary N) is 1. The predicted octanol–water partition coefficient (Wildman–Crippen LogP) is 2.45. The van der Waals surface area contributed by atoms with E-state index in [0.717, 1.165) is 4.90 Å². The molecule has 3 amide bonds. The number of urea groups is 1. The van der Waals surface area contributed by atoms with Gasteiger partial charge in [-0.2, -0.15) is 0 Å². The number of amides is 3. The summed E-state index contributed by atoms with van der Waals surface area (Å²) in [6.45, 7) is -0.588. The van der Waals surface area contributed by atoms with Crippen molar-refractivity contribution in [3.63, 3.8) is 0 Å². The van der Waals surface area contributed by atoms with E-state index < -0.39 is 59.9 Å². The molecule has 2 fully saturated rings. The summed E-state index contributed by atoms with van der Waals surface area (Å²) in [6, 6.07) is 15.3. The number of rotatable bonds is 6. The number of halogens is 2. The van der Waals surface area contributed by atoms with Crippen LogP contribution >= 0.6 is 15.9 Å². The first kappa shape index (κ1) is 23.8. The van der Waals surface area contributed by atoms with E-state index in [0.29, 0.717) is 0 Å². The molecular weight excluding hydrogens is 515 g/mol. The summed E-state index contributed by atoms with van der Waals surface area (Å²) in [7, 11) is 0. The minimum absolute atomic E-state index is 0.161. The van der Waals surface area contributed by atoms with Gasteiger partial charge >= 0.3 is 18.0 Å². The molecule has 178 valence electrons. The molecule has 11 heteroatoms. The highest BCUT2D eigenvalue weighted by Gasteiger charge is 2.53. The van der Waals surface area contributed by atoms with Crippen LogP contribution in [0.5, 0.6) is 0 Å². The maximum atomic E-state index is 15.5. The smallest absolute Gasteiger partial charge is 0.338 e. The van der Waals surface area contributed by atoms with Gasteiger partial charge in [-0.1, -0.05) is 52.3 Å². The predicted molar refractivity (Wildman–Crippen MR) is 119 cm³/mol. The zero-order chi connectivity index (χ0) is 24.2. The number of ether oxygens (including phenoxy) is 3. The van der Waals surface area contributed by atoms with Crippen molar-refractivity contribution < 1.29 is 37.8 Å². The van der Waals surface area contributed by atoms with Crippen molar-refractivity contribution >= 4 is 39.8 Å². The summed E-state index contributed by atoms with van der Waals surface area (Å²) >= 11 is 3.13. The van der Waals surface area contributed by atoms with Crippen LogP contribution in [0.15, 0.2) is 60.7 Å². The van der Waals surface area contributed by atoms with Crippen LogP contribution in [0.1, 0.15) is 20.7 Å². The number of alkyl halides is 2. The number of hydrogen-bond acceptors (Lipinski definition) is 7.